The molecule has 6 nitrogen and oxygen atoms in total. The van der Waals surface area contributed by atoms with E-state index in [2.05, 4.69) is 16.7 Å². The molecule has 0 bridgehead atoms. The Hall–Kier alpha value is -4.22. The molecule has 1 heterocycles. The standard InChI is InChI=1S/C27H20FN3O3S/c28-22-12-6-4-10-18(22)20-14-24(32)31-27(21(20)15-29)35-16-25(33)30-23-13-7-5-11-19(23)26(34)17-8-2-1-3-9-17/h1-13,20H,14,16H2,(H,30,33)(H,31,32). The molecule has 2 N–H and O–H groups in total. The van der Waals surface area contributed by atoms with Crippen LogP contribution in [0.15, 0.2) is 89.5 Å². The number of ketones is 1. The number of hydrogen-bond acceptors (Lipinski definition) is 5. The molecular weight excluding hydrogens is 465 g/mol. The molecule has 0 radical (unpaired) electrons. The number of nitrogens with one attached hydrogen (secondary N) is 2. The number of anilines is 1. The van der Waals surface area contributed by atoms with E-state index in [4.69, 9.17) is 0 Å². The van der Waals surface area contributed by atoms with E-state index in [0.29, 0.717) is 16.8 Å². The van der Waals surface area contributed by atoms with Crippen molar-refractivity contribution in [1.29, 1.82) is 5.26 Å². The topological polar surface area (TPSA) is 99.1 Å². The van der Waals surface area contributed by atoms with Crippen LogP contribution in [0.4, 0.5) is 10.1 Å². The fraction of sp³-hybridized carbons (Fsp3) is 0.111. The van der Waals surface area contributed by atoms with E-state index in [1.54, 1.807) is 60.7 Å². The lowest BCUT2D eigenvalue weighted by atomic mass is 9.87. The van der Waals surface area contributed by atoms with Crippen molar-refractivity contribution in [3.8, 4) is 6.07 Å². The van der Waals surface area contributed by atoms with Gasteiger partial charge < -0.3 is 10.6 Å². The number of allylic oxidation sites excluding steroid dienone is 1. The monoisotopic (exact) mass is 485 g/mol. The molecule has 0 fully saturated rings. The van der Waals surface area contributed by atoms with Crippen LogP contribution in [-0.4, -0.2) is 23.4 Å². The third kappa shape index (κ3) is 5.48. The molecule has 1 unspecified atom stereocenters. The average Bonchev–Trinajstić information content (AvgIpc) is 2.88. The molecule has 0 aromatic heterocycles. The predicted molar refractivity (Wildman–Crippen MR) is 132 cm³/mol. The largest absolute Gasteiger partial charge is 0.325 e. The molecule has 1 aliphatic rings. The second-order valence-electron chi connectivity index (χ2n) is 7.76. The van der Waals surface area contributed by atoms with Gasteiger partial charge in [0.05, 0.1) is 28.1 Å². The van der Waals surface area contributed by atoms with Gasteiger partial charge in [0.15, 0.2) is 5.78 Å². The third-order valence-corrected chi connectivity index (χ3v) is 6.48. The molecule has 0 saturated carbocycles. The molecular formula is C27H20FN3O3S. The van der Waals surface area contributed by atoms with Crippen molar-refractivity contribution in [2.75, 3.05) is 11.1 Å². The second kappa shape index (κ2) is 10.8. The normalized spacial score (nSPS) is 15.2. The summed E-state index contributed by atoms with van der Waals surface area (Å²) in [4.78, 5) is 37.9. The second-order valence-corrected chi connectivity index (χ2v) is 8.74. The first kappa shape index (κ1) is 23.9. The minimum absolute atomic E-state index is 0.0605. The van der Waals surface area contributed by atoms with E-state index >= 15 is 0 Å². The van der Waals surface area contributed by atoms with Crippen LogP contribution in [-0.2, 0) is 9.59 Å². The lowest BCUT2D eigenvalue weighted by Gasteiger charge is -2.25. The predicted octanol–water partition coefficient (Wildman–Crippen LogP) is 4.77. The number of hydrogen-bond donors (Lipinski definition) is 2. The number of para-hydroxylation sites is 1. The summed E-state index contributed by atoms with van der Waals surface area (Å²) in [5.41, 5.74) is 1.66. The van der Waals surface area contributed by atoms with Crippen molar-refractivity contribution in [3.63, 3.8) is 0 Å². The molecule has 174 valence electrons. The van der Waals surface area contributed by atoms with Crippen molar-refractivity contribution in [1.82, 2.24) is 5.32 Å². The Morgan fingerprint density at radius 2 is 1.71 bits per heavy atom. The van der Waals surface area contributed by atoms with Crippen LogP contribution in [0, 0.1) is 17.1 Å². The van der Waals surface area contributed by atoms with Gasteiger partial charge in [-0.25, -0.2) is 4.39 Å². The fourth-order valence-electron chi connectivity index (χ4n) is 3.82. The van der Waals surface area contributed by atoms with Crippen molar-refractivity contribution in [2.45, 2.75) is 12.3 Å². The van der Waals surface area contributed by atoms with E-state index in [1.807, 2.05) is 6.07 Å². The average molecular weight is 486 g/mol. The quantitative estimate of drug-likeness (QED) is 0.470. The lowest BCUT2D eigenvalue weighted by Crippen LogP contribution is -2.31. The molecule has 2 amide bonds. The summed E-state index contributed by atoms with van der Waals surface area (Å²) < 4.78 is 14.4. The van der Waals surface area contributed by atoms with Gasteiger partial charge >= 0.3 is 0 Å². The van der Waals surface area contributed by atoms with E-state index in [0.717, 1.165) is 11.8 Å². The molecule has 3 aromatic carbocycles. The first-order valence-corrected chi connectivity index (χ1v) is 11.8. The van der Waals surface area contributed by atoms with Gasteiger partial charge in [-0.15, -0.1) is 0 Å². The van der Waals surface area contributed by atoms with Crippen LogP contribution in [0.3, 0.4) is 0 Å². The number of rotatable bonds is 7. The molecule has 0 saturated heterocycles. The maximum atomic E-state index is 14.4. The molecule has 1 atom stereocenters. The van der Waals surface area contributed by atoms with E-state index in [1.165, 1.54) is 12.1 Å². The molecule has 35 heavy (non-hydrogen) atoms. The SMILES string of the molecule is N#CC1=C(SCC(=O)Nc2ccccc2C(=O)c2ccccc2)NC(=O)CC1c1ccccc1F. The Morgan fingerprint density at radius 1 is 1.03 bits per heavy atom. The summed E-state index contributed by atoms with van der Waals surface area (Å²) in [5.74, 6) is -2.37. The summed E-state index contributed by atoms with van der Waals surface area (Å²) in [7, 11) is 0. The maximum Gasteiger partial charge on any atom is 0.234 e. The first-order chi connectivity index (χ1) is 17.0. The number of thioether (sulfide) groups is 1. The Bertz CT molecular complexity index is 1370. The zero-order chi connectivity index (χ0) is 24.8. The highest BCUT2D eigenvalue weighted by Crippen LogP contribution is 2.37. The summed E-state index contributed by atoms with van der Waals surface area (Å²) in [6.07, 6.45) is -0.0605. The Labute approximate surface area is 205 Å². The van der Waals surface area contributed by atoms with Crippen LogP contribution >= 0.6 is 11.8 Å². The van der Waals surface area contributed by atoms with Crippen LogP contribution in [0.2, 0.25) is 0 Å². The Balaban J connectivity index is 1.51. The number of amides is 2. The van der Waals surface area contributed by atoms with Gasteiger partial charge in [-0.2, -0.15) is 5.26 Å². The van der Waals surface area contributed by atoms with Crippen LogP contribution in [0.5, 0.6) is 0 Å². The molecule has 8 heteroatoms. The van der Waals surface area contributed by atoms with E-state index in [9.17, 15) is 24.0 Å². The third-order valence-electron chi connectivity index (χ3n) is 5.47. The van der Waals surface area contributed by atoms with E-state index < -0.39 is 17.6 Å². The van der Waals surface area contributed by atoms with Crippen LogP contribution in [0.25, 0.3) is 0 Å². The zero-order valence-corrected chi connectivity index (χ0v) is 19.3. The number of nitriles is 1. The van der Waals surface area contributed by atoms with Gasteiger partial charge in [-0.1, -0.05) is 72.4 Å². The van der Waals surface area contributed by atoms with E-state index in [-0.39, 0.29) is 40.0 Å². The summed E-state index contributed by atoms with van der Waals surface area (Å²) in [5, 5.41) is 15.3. The number of nitrogens with zero attached hydrogens (tertiary/aromatic N) is 1. The van der Waals surface area contributed by atoms with Gasteiger partial charge in [0.2, 0.25) is 11.8 Å². The van der Waals surface area contributed by atoms with Crippen LogP contribution < -0.4 is 10.6 Å². The minimum Gasteiger partial charge on any atom is -0.325 e. The maximum absolute atomic E-state index is 14.4. The van der Waals surface area contributed by atoms with Crippen LogP contribution in [0.1, 0.15) is 33.8 Å². The van der Waals surface area contributed by atoms with Gasteiger partial charge in [-0.05, 0) is 23.8 Å². The Kier molecular flexibility index (Phi) is 7.38. The van der Waals surface area contributed by atoms with Gasteiger partial charge in [0, 0.05) is 23.5 Å². The number of carbonyl (C=O) groups is 3. The summed E-state index contributed by atoms with van der Waals surface area (Å²) in [6, 6.07) is 23.5. The van der Waals surface area contributed by atoms with Crippen molar-refractivity contribution >= 4 is 35.0 Å². The zero-order valence-electron chi connectivity index (χ0n) is 18.5. The highest BCUT2D eigenvalue weighted by atomic mass is 32.2. The van der Waals surface area contributed by atoms with Crippen molar-refractivity contribution in [2.24, 2.45) is 0 Å². The summed E-state index contributed by atoms with van der Waals surface area (Å²) in [6.45, 7) is 0. The molecule has 1 aliphatic heterocycles. The van der Waals surface area contributed by atoms with Gasteiger partial charge in [0.25, 0.3) is 0 Å². The molecule has 3 aromatic rings. The van der Waals surface area contributed by atoms with Crippen molar-refractivity contribution in [3.05, 3.63) is 112 Å². The van der Waals surface area contributed by atoms with Crippen molar-refractivity contribution < 1.29 is 18.8 Å². The number of carbonyl (C=O) groups excluding carboxylic acids is 3. The smallest absolute Gasteiger partial charge is 0.234 e. The number of halogens is 1. The minimum atomic E-state index is -0.732. The summed E-state index contributed by atoms with van der Waals surface area (Å²) >= 11 is 0.982. The lowest BCUT2D eigenvalue weighted by molar-refractivity contribution is -0.121. The fourth-order valence-corrected chi connectivity index (χ4v) is 4.69. The molecule has 4 rings (SSSR count). The van der Waals surface area contributed by atoms with Gasteiger partial charge in [-0.3, -0.25) is 14.4 Å². The Morgan fingerprint density at radius 3 is 2.46 bits per heavy atom. The van der Waals surface area contributed by atoms with Gasteiger partial charge in [0.1, 0.15) is 5.82 Å². The molecule has 0 aliphatic carbocycles. The highest BCUT2D eigenvalue weighted by molar-refractivity contribution is 8.03. The first-order valence-electron chi connectivity index (χ1n) is 10.8. The highest BCUT2D eigenvalue weighted by Gasteiger charge is 2.31. The number of benzene rings is 3. The molecule has 0 spiro atoms.